The highest BCUT2D eigenvalue weighted by Gasteiger charge is 2.12. The lowest BCUT2D eigenvalue weighted by Gasteiger charge is -2.21. The molecule has 0 unspecified atom stereocenters. The molecule has 1 aromatic rings. The summed E-state index contributed by atoms with van der Waals surface area (Å²) in [5, 5.41) is 3.44. The molecule has 1 aliphatic carbocycles. The maximum absolute atomic E-state index is 4.29. The van der Waals surface area contributed by atoms with Gasteiger partial charge in [0, 0.05) is 18.3 Å². The van der Waals surface area contributed by atoms with Gasteiger partial charge in [-0.2, -0.15) is 0 Å². The van der Waals surface area contributed by atoms with Crippen LogP contribution in [0.5, 0.6) is 0 Å². The number of hydrogen-bond acceptors (Lipinski definition) is 3. The van der Waals surface area contributed by atoms with Crippen LogP contribution in [0.3, 0.4) is 0 Å². The minimum atomic E-state index is 0.465. The summed E-state index contributed by atoms with van der Waals surface area (Å²) in [4.78, 5) is 8.57. The Hall–Kier alpha value is -1.12. The van der Waals surface area contributed by atoms with Crippen molar-refractivity contribution in [3.05, 3.63) is 18.1 Å². The predicted octanol–water partition coefficient (Wildman–Crippen LogP) is 3.98. The van der Waals surface area contributed by atoms with Crippen molar-refractivity contribution in [3.8, 4) is 0 Å². The van der Waals surface area contributed by atoms with Crippen LogP contribution in [0.4, 0.5) is 5.82 Å². The van der Waals surface area contributed by atoms with Crippen molar-refractivity contribution in [2.45, 2.75) is 58.3 Å². The first-order valence-electron chi connectivity index (χ1n) is 7.31. The van der Waals surface area contributed by atoms with Gasteiger partial charge in [-0.25, -0.2) is 9.97 Å². The van der Waals surface area contributed by atoms with Crippen LogP contribution in [0.1, 0.15) is 64.0 Å². The fraction of sp³-hybridized carbons (Fsp3) is 0.733. The van der Waals surface area contributed by atoms with E-state index in [9.17, 15) is 0 Å². The van der Waals surface area contributed by atoms with Crippen molar-refractivity contribution in [1.29, 1.82) is 0 Å². The SMILES string of the molecule is CC(C)c1cc(NCCC2CCCCC2)ncn1. The molecule has 0 aliphatic heterocycles. The Morgan fingerprint density at radius 1 is 1.22 bits per heavy atom. The second-order valence-corrected chi connectivity index (χ2v) is 5.70. The molecular formula is C15H25N3. The Morgan fingerprint density at radius 2 is 2.00 bits per heavy atom. The standard InChI is InChI=1S/C15H25N3/c1-12(2)14-10-15(18-11-17-14)16-9-8-13-6-4-3-5-7-13/h10-13H,3-9H2,1-2H3,(H,16,17,18). The lowest BCUT2D eigenvalue weighted by molar-refractivity contribution is 0.345. The number of hydrogen-bond donors (Lipinski definition) is 1. The molecule has 0 saturated heterocycles. The summed E-state index contributed by atoms with van der Waals surface area (Å²) < 4.78 is 0. The molecule has 1 aliphatic rings. The van der Waals surface area contributed by atoms with Crippen LogP contribution in [-0.2, 0) is 0 Å². The van der Waals surface area contributed by atoms with Crippen molar-refractivity contribution in [3.63, 3.8) is 0 Å². The van der Waals surface area contributed by atoms with E-state index in [0.717, 1.165) is 24.0 Å². The van der Waals surface area contributed by atoms with E-state index in [1.807, 2.05) is 0 Å². The Bertz CT molecular complexity index is 357. The maximum atomic E-state index is 4.29. The highest BCUT2D eigenvalue weighted by molar-refractivity contribution is 5.35. The third-order valence-electron chi connectivity index (χ3n) is 3.86. The van der Waals surface area contributed by atoms with Crippen molar-refractivity contribution in [1.82, 2.24) is 9.97 Å². The summed E-state index contributed by atoms with van der Waals surface area (Å²) in [6.07, 6.45) is 10.1. The minimum absolute atomic E-state index is 0.465. The van der Waals surface area contributed by atoms with Crippen molar-refractivity contribution in [2.75, 3.05) is 11.9 Å². The zero-order valence-corrected chi connectivity index (χ0v) is 11.7. The Kier molecular flexibility index (Phi) is 4.97. The molecule has 1 fully saturated rings. The zero-order valence-electron chi connectivity index (χ0n) is 11.7. The number of anilines is 1. The van der Waals surface area contributed by atoms with Gasteiger partial charge in [0.2, 0.25) is 0 Å². The normalized spacial score (nSPS) is 17.1. The molecule has 0 spiro atoms. The monoisotopic (exact) mass is 247 g/mol. The van der Waals surface area contributed by atoms with Gasteiger partial charge >= 0.3 is 0 Å². The zero-order chi connectivity index (χ0) is 12.8. The predicted molar refractivity (Wildman–Crippen MR) is 75.8 cm³/mol. The van der Waals surface area contributed by atoms with Crippen LogP contribution in [-0.4, -0.2) is 16.5 Å². The van der Waals surface area contributed by atoms with Crippen molar-refractivity contribution in [2.24, 2.45) is 5.92 Å². The van der Waals surface area contributed by atoms with Crippen LogP contribution in [0, 0.1) is 5.92 Å². The fourth-order valence-corrected chi connectivity index (χ4v) is 2.66. The topological polar surface area (TPSA) is 37.8 Å². The van der Waals surface area contributed by atoms with E-state index < -0.39 is 0 Å². The van der Waals surface area contributed by atoms with Gasteiger partial charge in [-0.3, -0.25) is 0 Å². The molecule has 1 saturated carbocycles. The van der Waals surface area contributed by atoms with E-state index in [4.69, 9.17) is 0 Å². The summed E-state index contributed by atoms with van der Waals surface area (Å²) in [7, 11) is 0. The van der Waals surface area contributed by atoms with Gasteiger partial charge < -0.3 is 5.32 Å². The fourth-order valence-electron chi connectivity index (χ4n) is 2.66. The average Bonchev–Trinajstić information content (AvgIpc) is 2.40. The molecule has 3 heteroatoms. The van der Waals surface area contributed by atoms with Crippen LogP contribution in [0.2, 0.25) is 0 Å². The van der Waals surface area contributed by atoms with Gasteiger partial charge in [-0.15, -0.1) is 0 Å². The molecule has 0 bridgehead atoms. The van der Waals surface area contributed by atoms with E-state index >= 15 is 0 Å². The summed E-state index contributed by atoms with van der Waals surface area (Å²) >= 11 is 0. The molecular weight excluding hydrogens is 222 g/mol. The summed E-state index contributed by atoms with van der Waals surface area (Å²) in [6, 6.07) is 2.07. The van der Waals surface area contributed by atoms with Crippen LogP contribution in [0.25, 0.3) is 0 Å². The molecule has 1 aromatic heterocycles. The molecule has 18 heavy (non-hydrogen) atoms. The van der Waals surface area contributed by atoms with E-state index in [0.29, 0.717) is 5.92 Å². The lowest BCUT2D eigenvalue weighted by atomic mass is 9.87. The van der Waals surface area contributed by atoms with Gasteiger partial charge in [0.15, 0.2) is 0 Å². The number of nitrogens with one attached hydrogen (secondary N) is 1. The molecule has 0 atom stereocenters. The summed E-state index contributed by atoms with van der Waals surface area (Å²) in [5.41, 5.74) is 1.12. The Morgan fingerprint density at radius 3 is 2.72 bits per heavy atom. The maximum Gasteiger partial charge on any atom is 0.129 e. The van der Waals surface area contributed by atoms with Gasteiger partial charge in [-0.1, -0.05) is 46.0 Å². The first-order valence-corrected chi connectivity index (χ1v) is 7.31. The smallest absolute Gasteiger partial charge is 0.129 e. The lowest BCUT2D eigenvalue weighted by Crippen LogP contribution is -2.13. The molecule has 1 N–H and O–H groups in total. The average molecular weight is 247 g/mol. The first-order chi connectivity index (χ1) is 8.75. The quantitative estimate of drug-likeness (QED) is 0.855. The second kappa shape index (κ2) is 6.72. The van der Waals surface area contributed by atoms with Crippen molar-refractivity contribution >= 4 is 5.82 Å². The highest BCUT2D eigenvalue weighted by Crippen LogP contribution is 2.26. The Labute approximate surface area is 110 Å². The third-order valence-corrected chi connectivity index (χ3v) is 3.86. The second-order valence-electron chi connectivity index (χ2n) is 5.70. The van der Waals surface area contributed by atoms with Gasteiger partial charge in [0.1, 0.15) is 12.1 Å². The molecule has 100 valence electrons. The molecule has 3 nitrogen and oxygen atoms in total. The van der Waals surface area contributed by atoms with Gasteiger partial charge in [-0.05, 0) is 18.3 Å². The number of rotatable bonds is 5. The summed E-state index contributed by atoms with van der Waals surface area (Å²) in [5.74, 6) is 2.37. The number of nitrogens with zero attached hydrogens (tertiary/aromatic N) is 2. The van der Waals surface area contributed by atoms with E-state index in [2.05, 4.69) is 35.2 Å². The molecule has 0 aromatic carbocycles. The van der Waals surface area contributed by atoms with Crippen molar-refractivity contribution < 1.29 is 0 Å². The molecule has 0 amide bonds. The van der Waals surface area contributed by atoms with Crippen LogP contribution in [0.15, 0.2) is 12.4 Å². The third kappa shape index (κ3) is 3.97. The Balaban J connectivity index is 1.77. The van der Waals surface area contributed by atoms with Gasteiger partial charge in [0.25, 0.3) is 0 Å². The molecule has 0 radical (unpaired) electrons. The minimum Gasteiger partial charge on any atom is -0.370 e. The summed E-state index contributed by atoms with van der Waals surface area (Å²) in [6.45, 7) is 5.36. The largest absolute Gasteiger partial charge is 0.370 e. The van der Waals surface area contributed by atoms with E-state index in [-0.39, 0.29) is 0 Å². The first kappa shape index (κ1) is 13.3. The van der Waals surface area contributed by atoms with E-state index in [1.54, 1.807) is 6.33 Å². The highest BCUT2D eigenvalue weighted by atomic mass is 15.0. The van der Waals surface area contributed by atoms with Gasteiger partial charge in [0.05, 0.1) is 0 Å². The van der Waals surface area contributed by atoms with E-state index in [1.165, 1.54) is 38.5 Å². The van der Waals surface area contributed by atoms with Crippen LogP contribution >= 0.6 is 0 Å². The van der Waals surface area contributed by atoms with Crippen LogP contribution < -0.4 is 5.32 Å². The number of aromatic nitrogens is 2. The molecule has 1 heterocycles. The molecule has 2 rings (SSSR count).